The Morgan fingerprint density at radius 2 is 2.09 bits per heavy atom. The van der Waals surface area contributed by atoms with Gasteiger partial charge >= 0.3 is 0 Å². The zero-order valence-corrected chi connectivity index (χ0v) is 14.2. The van der Waals surface area contributed by atoms with Crippen molar-refractivity contribution in [2.45, 2.75) is 6.92 Å². The van der Waals surface area contributed by atoms with E-state index in [9.17, 15) is 5.26 Å². The average Bonchev–Trinajstić information content (AvgIpc) is 3.25. The second-order valence-corrected chi connectivity index (χ2v) is 6.49. The molecule has 0 aliphatic heterocycles. The van der Waals surface area contributed by atoms with Crippen LogP contribution in [0.15, 0.2) is 47.2 Å². The van der Waals surface area contributed by atoms with Crippen LogP contribution >= 0.6 is 22.7 Å². The summed E-state index contributed by atoms with van der Waals surface area (Å²) < 4.78 is 5.43. The van der Waals surface area contributed by atoms with E-state index in [4.69, 9.17) is 4.74 Å². The van der Waals surface area contributed by atoms with Gasteiger partial charge in [0.05, 0.1) is 22.8 Å². The van der Waals surface area contributed by atoms with Gasteiger partial charge in [0.25, 0.3) is 0 Å². The molecule has 0 saturated carbocycles. The highest BCUT2D eigenvalue weighted by Crippen LogP contribution is 2.29. The van der Waals surface area contributed by atoms with E-state index in [1.54, 1.807) is 11.3 Å². The standard InChI is InChI=1S/C18H14N2OS2/c1-2-21-15-7-5-13(6-8-15)10-14(11-19)18-20-16(12-23-18)17-4-3-9-22-17/h3-10,12H,2H2,1H3/b14-10+. The Kier molecular flexibility index (Phi) is 4.86. The molecule has 3 aromatic rings. The van der Waals surface area contributed by atoms with Gasteiger partial charge in [-0.2, -0.15) is 5.26 Å². The smallest absolute Gasteiger partial charge is 0.134 e. The first-order valence-electron chi connectivity index (χ1n) is 7.14. The maximum Gasteiger partial charge on any atom is 0.134 e. The van der Waals surface area contributed by atoms with Crippen molar-refractivity contribution in [1.29, 1.82) is 5.26 Å². The normalized spacial score (nSPS) is 11.2. The molecule has 114 valence electrons. The predicted molar refractivity (Wildman–Crippen MR) is 96.5 cm³/mol. The van der Waals surface area contributed by atoms with Gasteiger partial charge < -0.3 is 4.74 Å². The van der Waals surface area contributed by atoms with Gasteiger partial charge in [-0.1, -0.05) is 18.2 Å². The second-order valence-electron chi connectivity index (χ2n) is 4.69. The van der Waals surface area contributed by atoms with Gasteiger partial charge in [0.1, 0.15) is 16.8 Å². The number of aromatic nitrogens is 1. The average molecular weight is 338 g/mol. The van der Waals surface area contributed by atoms with Crippen LogP contribution in [0.25, 0.3) is 22.2 Å². The van der Waals surface area contributed by atoms with Gasteiger partial charge in [-0.15, -0.1) is 22.7 Å². The summed E-state index contributed by atoms with van der Waals surface area (Å²) in [7, 11) is 0. The first-order valence-corrected chi connectivity index (χ1v) is 8.90. The minimum Gasteiger partial charge on any atom is -0.494 e. The maximum absolute atomic E-state index is 9.45. The van der Waals surface area contributed by atoms with Crippen LogP contribution in [0.4, 0.5) is 0 Å². The molecule has 0 atom stereocenters. The third kappa shape index (κ3) is 3.67. The second kappa shape index (κ2) is 7.23. The molecule has 0 bridgehead atoms. The molecule has 0 fully saturated rings. The lowest BCUT2D eigenvalue weighted by Gasteiger charge is -2.02. The fourth-order valence-electron chi connectivity index (χ4n) is 2.07. The molecule has 5 heteroatoms. The van der Waals surface area contributed by atoms with Gasteiger partial charge in [-0.3, -0.25) is 0 Å². The molecule has 0 spiro atoms. The van der Waals surface area contributed by atoms with Crippen LogP contribution in [0.5, 0.6) is 5.75 Å². The van der Waals surface area contributed by atoms with Crippen LogP contribution in [0, 0.1) is 11.3 Å². The van der Waals surface area contributed by atoms with Crippen molar-refractivity contribution in [2.24, 2.45) is 0 Å². The molecule has 2 heterocycles. The Balaban J connectivity index is 1.86. The Labute approximate surface area is 143 Å². The number of allylic oxidation sites excluding steroid dienone is 1. The van der Waals surface area contributed by atoms with E-state index in [0.717, 1.165) is 26.9 Å². The topological polar surface area (TPSA) is 45.9 Å². The van der Waals surface area contributed by atoms with Crippen molar-refractivity contribution < 1.29 is 4.74 Å². The van der Waals surface area contributed by atoms with Crippen LogP contribution in [0.2, 0.25) is 0 Å². The van der Waals surface area contributed by atoms with Gasteiger partial charge in [-0.05, 0) is 42.1 Å². The highest BCUT2D eigenvalue weighted by Gasteiger charge is 2.09. The Morgan fingerprint density at radius 1 is 1.26 bits per heavy atom. The number of ether oxygens (including phenoxy) is 1. The summed E-state index contributed by atoms with van der Waals surface area (Å²) in [6.07, 6.45) is 1.85. The Morgan fingerprint density at radius 3 is 2.74 bits per heavy atom. The number of nitrogens with zero attached hydrogens (tertiary/aromatic N) is 2. The summed E-state index contributed by atoms with van der Waals surface area (Å²) in [5.74, 6) is 0.831. The molecule has 3 rings (SSSR count). The minimum absolute atomic E-state index is 0.571. The van der Waals surface area contributed by atoms with Crippen LogP contribution in [0.1, 0.15) is 17.5 Å². The first-order chi connectivity index (χ1) is 11.3. The molecule has 0 aliphatic carbocycles. The van der Waals surface area contributed by atoms with E-state index in [0.29, 0.717) is 12.2 Å². The number of nitriles is 1. The quantitative estimate of drug-likeness (QED) is 0.590. The van der Waals surface area contributed by atoms with Crippen molar-refractivity contribution in [1.82, 2.24) is 4.98 Å². The van der Waals surface area contributed by atoms with Crippen LogP contribution < -0.4 is 4.74 Å². The number of hydrogen-bond acceptors (Lipinski definition) is 5. The van der Waals surface area contributed by atoms with Crippen molar-refractivity contribution in [2.75, 3.05) is 6.61 Å². The molecule has 3 nitrogen and oxygen atoms in total. The molecule has 0 unspecified atom stereocenters. The Bertz CT molecular complexity index is 840. The largest absolute Gasteiger partial charge is 0.494 e. The minimum atomic E-state index is 0.571. The summed E-state index contributed by atoms with van der Waals surface area (Å²) in [4.78, 5) is 5.70. The molecular weight excluding hydrogens is 324 g/mol. The first kappa shape index (κ1) is 15.5. The summed E-state index contributed by atoms with van der Waals surface area (Å²) in [5.41, 5.74) is 2.45. The number of thiazole rings is 1. The number of rotatable bonds is 5. The molecule has 1 aromatic carbocycles. The third-order valence-electron chi connectivity index (χ3n) is 3.13. The summed E-state index contributed by atoms with van der Waals surface area (Å²) in [6.45, 7) is 2.60. The SMILES string of the molecule is CCOc1ccc(/C=C(\C#N)c2nc(-c3cccs3)cs2)cc1. The molecule has 23 heavy (non-hydrogen) atoms. The lowest BCUT2D eigenvalue weighted by atomic mass is 10.1. The maximum atomic E-state index is 9.45. The lowest BCUT2D eigenvalue weighted by Crippen LogP contribution is -1.90. The van der Waals surface area contributed by atoms with Crippen molar-refractivity contribution in [3.8, 4) is 22.4 Å². The van der Waals surface area contributed by atoms with E-state index < -0.39 is 0 Å². The molecule has 0 radical (unpaired) electrons. The number of hydrogen-bond donors (Lipinski definition) is 0. The van der Waals surface area contributed by atoms with Gasteiger partial charge in [0.2, 0.25) is 0 Å². The molecule has 0 N–H and O–H groups in total. The summed E-state index contributed by atoms with van der Waals surface area (Å²) >= 11 is 3.14. The monoisotopic (exact) mass is 338 g/mol. The number of thiophene rings is 1. The van der Waals surface area contributed by atoms with Crippen LogP contribution in [-0.4, -0.2) is 11.6 Å². The molecule has 2 aromatic heterocycles. The third-order valence-corrected chi connectivity index (χ3v) is 4.90. The Hall–Kier alpha value is -2.42. The van der Waals surface area contributed by atoms with E-state index in [1.807, 2.05) is 60.2 Å². The fourth-order valence-corrected chi connectivity index (χ4v) is 3.62. The lowest BCUT2D eigenvalue weighted by molar-refractivity contribution is 0.340. The molecule has 0 saturated heterocycles. The zero-order valence-electron chi connectivity index (χ0n) is 12.5. The van der Waals surface area contributed by atoms with Crippen molar-refractivity contribution in [3.63, 3.8) is 0 Å². The zero-order chi connectivity index (χ0) is 16.1. The van der Waals surface area contributed by atoms with Crippen molar-refractivity contribution >= 4 is 34.3 Å². The van der Waals surface area contributed by atoms with Crippen LogP contribution in [-0.2, 0) is 0 Å². The molecular formula is C18H14N2OS2. The molecule has 0 amide bonds. The highest BCUT2D eigenvalue weighted by molar-refractivity contribution is 7.14. The molecule has 0 aliphatic rings. The highest BCUT2D eigenvalue weighted by atomic mass is 32.1. The summed E-state index contributed by atoms with van der Waals surface area (Å²) in [5, 5.41) is 14.2. The summed E-state index contributed by atoms with van der Waals surface area (Å²) in [6, 6.07) is 14.0. The van der Waals surface area contributed by atoms with E-state index in [1.165, 1.54) is 11.3 Å². The predicted octanol–water partition coefficient (Wildman–Crippen LogP) is 5.33. The number of benzene rings is 1. The van der Waals surface area contributed by atoms with Gasteiger partial charge in [0, 0.05) is 5.38 Å². The van der Waals surface area contributed by atoms with E-state index in [2.05, 4.69) is 11.1 Å². The fraction of sp³-hybridized carbons (Fsp3) is 0.111. The van der Waals surface area contributed by atoms with E-state index >= 15 is 0 Å². The van der Waals surface area contributed by atoms with Gasteiger partial charge in [0.15, 0.2) is 0 Å². The van der Waals surface area contributed by atoms with E-state index in [-0.39, 0.29) is 0 Å². The van der Waals surface area contributed by atoms with Gasteiger partial charge in [-0.25, -0.2) is 4.98 Å². The van der Waals surface area contributed by atoms with Crippen molar-refractivity contribution in [3.05, 3.63) is 57.7 Å². The van der Waals surface area contributed by atoms with Crippen LogP contribution in [0.3, 0.4) is 0 Å².